The van der Waals surface area contributed by atoms with Gasteiger partial charge in [0.1, 0.15) is 5.52 Å². The minimum atomic E-state index is -4.33. The zero-order valence-electron chi connectivity index (χ0n) is 7.30. The van der Waals surface area contributed by atoms with Crippen LogP contribution in [0.25, 0.3) is 11.0 Å². The van der Waals surface area contributed by atoms with Gasteiger partial charge in [-0.05, 0) is 23.9 Å². The van der Waals surface area contributed by atoms with Crippen molar-refractivity contribution in [1.82, 2.24) is 9.97 Å². The van der Waals surface area contributed by atoms with Crippen LogP contribution in [0.2, 0.25) is 0 Å². The van der Waals surface area contributed by atoms with Gasteiger partial charge in [0.2, 0.25) is 0 Å². The fourth-order valence-electron chi connectivity index (χ4n) is 1.24. The van der Waals surface area contributed by atoms with Gasteiger partial charge in [-0.1, -0.05) is 0 Å². The Morgan fingerprint density at radius 3 is 2.73 bits per heavy atom. The van der Waals surface area contributed by atoms with Crippen molar-refractivity contribution in [2.24, 2.45) is 0 Å². The molecule has 2 rings (SSSR count). The monoisotopic (exact) mass is 233 g/mol. The molecule has 0 aliphatic rings. The Balaban J connectivity index is 2.53. The number of imidazole rings is 1. The first-order chi connectivity index (χ1) is 6.96. The number of nitrogens with zero attached hydrogens (tertiary/aromatic N) is 1. The minimum absolute atomic E-state index is 0.0127. The molecule has 1 aromatic heterocycles. The summed E-state index contributed by atoms with van der Waals surface area (Å²) in [5.41, 5.74) is 2.20. The van der Waals surface area contributed by atoms with E-state index >= 15 is 0 Å². The molecule has 2 aromatic rings. The Morgan fingerprint density at radius 1 is 1.33 bits per heavy atom. The normalized spacial score (nSPS) is 12.2. The number of aromatic amines is 1. The molecular formula is C8H6F3N3S. The number of benzene rings is 1. The van der Waals surface area contributed by atoms with Crippen LogP contribution in [-0.4, -0.2) is 15.5 Å². The molecule has 0 fully saturated rings. The van der Waals surface area contributed by atoms with E-state index in [-0.39, 0.29) is 27.9 Å². The van der Waals surface area contributed by atoms with Gasteiger partial charge in [0.15, 0.2) is 0 Å². The number of alkyl halides is 3. The largest absolute Gasteiger partial charge is 0.446 e. The average molecular weight is 233 g/mol. The first kappa shape index (κ1) is 10.2. The maximum Gasteiger partial charge on any atom is 0.446 e. The van der Waals surface area contributed by atoms with Crippen LogP contribution in [-0.2, 0) is 0 Å². The summed E-state index contributed by atoms with van der Waals surface area (Å²) in [6.45, 7) is 0. The SMILES string of the molecule is Nc1cc(SC(F)(F)F)c2nc[nH]c2c1. The van der Waals surface area contributed by atoms with Crippen molar-refractivity contribution in [3.8, 4) is 0 Å². The Kier molecular flexibility index (Phi) is 2.26. The van der Waals surface area contributed by atoms with Gasteiger partial charge in [0.25, 0.3) is 0 Å². The molecule has 0 bridgehead atoms. The van der Waals surface area contributed by atoms with E-state index in [2.05, 4.69) is 9.97 Å². The van der Waals surface area contributed by atoms with Crippen LogP contribution < -0.4 is 5.73 Å². The lowest BCUT2D eigenvalue weighted by Crippen LogP contribution is -2.00. The van der Waals surface area contributed by atoms with E-state index in [0.29, 0.717) is 5.52 Å². The lowest BCUT2D eigenvalue weighted by Gasteiger charge is -2.06. The molecule has 80 valence electrons. The Bertz CT molecular complexity index is 491. The van der Waals surface area contributed by atoms with E-state index in [0.717, 1.165) is 0 Å². The fourth-order valence-corrected chi connectivity index (χ4v) is 1.94. The van der Waals surface area contributed by atoms with Crippen LogP contribution in [0, 0.1) is 0 Å². The number of nitrogen functional groups attached to an aromatic ring is 1. The number of thioether (sulfide) groups is 1. The molecule has 0 amide bonds. The quantitative estimate of drug-likeness (QED) is 0.588. The number of halogens is 3. The standard InChI is InChI=1S/C8H6F3N3S/c9-8(10,11)15-6-2-4(12)1-5-7(6)14-3-13-5/h1-3H,12H2,(H,13,14). The number of fused-ring (bicyclic) bond motifs is 1. The first-order valence-corrected chi connectivity index (χ1v) is 4.76. The number of hydrogen-bond acceptors (Lipinski definition) is 3. The van der Waals surface area contributed by atoms with E-state index in [9.17, 15) is 13.2 Å². The molecule has 7 heteroatoms. The summed E-state index contributed by atoms with van der Waals surface area (Å²) in [6.07, 6.45) is 1.34. The van der Waals surface area contributed by atoms with Crippen molar-refractivity contribution in [2.45, 2.75) is 10.4 Å². The van der Waals surface area contributed by atoms with Gasteiger partial charge in [0, 0.05) is 10.6 Å². The van der Waals surface area contributed by atoms with Crippen LogP contribution in [0.3, 0.4) is 0 Å². The third-order valence-corrected chi connectivity index (χ3v) is 2.50. The third kappa shape index (κ3) is 2.17. The second kappa shape index (κ2) is 3.34. The zero-order chi connectivity index (χ0) is 11.1. The van der Waals surface area contributed by atoms with Gasteiger partial charge in [-0.25, -0.2) is 4.98 Å². The van der Waals surface area contributed by atoms with Crippen LogP contribution in [0.1, 0.15) is 0 Å². The van der Waals surface area contributed by atoms with Crippen molar-refractivity contribution in [3.63, 3.8) is 0 Å². The Hall–Kier alpha value is -1.37. The van der Waals surface area contributed by atoms with Gasteiger partial charge in [-0.3, -0.25) is 0 Å². The molecule has 0 spiro atoms. The molecule has 15 heavy (non-hydrogen) atoms. The number of anilines is 1. The predicted octanol–water partition coefficient (Wildman–Crippen LogP) is 2.76. The van der Waals surface area contributed by atoms with Crippen LogP contribution in [0.4, 0.5) is 18.9 Å². The fraction of sp³-hybridized carbons (Fsp3) is 0.125. The summed E-state index contributed by atoms with van der Waals surface area (Å²) >= 11 is -0.213. The molecular weight excluding hydrogens is 227 g/mol. The summed E-state index contributed by atoms with van der Waals surface area (Å²) in [4.78, 5) is 6.54. The first-order valence-electron chi connectivity index (χ1n) is 3.94. The third-order valence-electron chi connectivity index (χ3n) is 1.74. The minimum Gasteiger partial charge on any atom is -0.399 e. The van der Waals surface area contributed by atoms with E-state index in [1.807, 2.05) is 0 Å². The molecule has 0 unspecified atom stereocenters. The number of aromatic nitrogens is 2. The van der Waals surface area contributed by atoms with Crippen molar-refractivity contribution < 1.29 is 13.2 Å². The highest BCUT2D eigenvalue weighted by Gasteiger charge is 2.30. The molecule has 3 nitrogen and oxygen atoms in total. The predicted molar refractivity (Wildman–Crippen MR) is 52.4 cm³/mol. The molecule has 1 aromatic carbocycles. The van der Waals surface area contributed by atoms with E-state index in [4.69, 9.17) is 5.73 Å². The highest BCUT2D eigenvalue weighted by molar-refractivity contribution is 8.00. The number of nitrogens with one attached hydrogen (secondary N) is 1. The second-order valence-electron chi connectivity index (χ2n) is 2.87. The van der Waals surface area contributed by atoms with Crippen LogP contribution >= 0.6 is 11.8 Å². The van der Waals surface area contributed by atoms with Gasteiger partial charge in [-0.2, -0.15) is 13.2 Å². The summed E-state index contributed by atoms with van der Waals surface area (Å²) in [5, 5.41) is 0. The lowest BCUT2D eigenvalue weighted by atomic mass is 10.3. The molecule has 0 radical (unpaired) electrons. The highest BCUT2D eigenvalue weighted by atomic mass is 32.2. The molecule has 0 atom stereocenters. The number of H-pyrrole nitrogens is 1. The highest BCUT2D eigenvalue weighted by Crippen LogP contribution is 2.40. The van der Waals surface area contributed by atoms with E-state index < -0.39 is 5.51 Å². The number of nitrogens with two attached hydrogens (primary N) is 1. The van der Waals surface area contributed by atoms with Crippen molar-refractivity contribution in [3.05, 3.63) is 18.5 Å². The molecule has 1 heterocycles. The van der Waals surface area contributed by atoms with E-state index in [1.165, 1.54) is 12.4 Å². The number of hydrogen-bond donors (Lipinski definition) is 2. The summed E-state index contributed by atoms with van der Waals surface area (Å²) in [5.74, 6) is 0. The lowest BCUT2D eigenvalue weighted by molar-refractivity contribution is -0.0327. The summed E-state index contributed by atoms with van der Waals surface area (Å²) < 4.78 is 36.6. The van der Waals surface area contributed by atoms with Gasteiger partial charge >= 0.3 is 5.51 Å². The van der Waals surface area contributed by atoms with Gasteiger partial charge in [0.05, 0.1) is 11.8 Å². The van der Waals surface area contributed by atoms with Crippen LogP contribution in [0.5, 0.6) is 0 Å². The van der Waals surface area contributed by atoms with Crippen LogP contribution in [0.15, 0.2) is 23.4 Å². The maximum absolute atomic E-state index is 12.2. The van der Waals surface area contributed by atoms with Gasteiger partial charge in [-0.15, -0.1) is 0 Å². The molecule has 0 saturated heterocycles. The smallest absolute Gasteiger partial charge is 0.399 e. The molecule has 0 aliphatic carbocycles. The number of rotatable bonds is 1. The van der Waals surface area contributed by atoms with Crippen molar-refractivity contribution in [2.75, 3.05) is 5.73 Å². The zero-order valence-corrected chi connectivity index (χ0v) is 8.12. The maximum atomic E-state index is 12.2. The Morgan fingerprint density at radius 2 is 2.07 bits per heavy atom. The topological polar surface area (TPSA) is 54.7 Å². The van der Waals surface area contributed by atoms with E-state index in [1.54, 1.807) is 6.07 Å². The molecule has 3 N–H and O–H groups in total. The summed E-state index contributed by atoms with van der Waals surface area (Å²) in [6, 6.07) is 2.81. The summed E-state index contributed by atoms with van der Waals surface area (Å²) in [7, 11) is 0. The molecule has 0 saturated carbocycles. The second-order valence-corrected chi connectivity index (χ2v) is 3.97. The van der Waals surface area contributed by atoms with Crippen molar-refractivity contribution >= 4 is 28.5 Å². The van der Waals surface area contributed by atoms with Gasteiger partial charge < -0.3 is 10.7 Å². The van der Waals surface area contributed by atoms with Crippen molar-refractivity contribution in [1.29, 1.82) is 0 Å². The molecule has 0 aliphatic heterocycles. The Labute approximate surface area is 86.9 Å². The average Bonchev–Trinajstić information content (AvgIpc) is 2.48.